The van der Waals surface area contributed by atoms with Crippen molar-refractivity contribution in [1.29, 1.82) is 5.26 Å². The molecular weight excluding hydrogens is 384 g/mol. The topological polar surface area (TPSA) is 39.1 Å². The number of hydrogen-bond acceptors (Lipinski definition) is 3. The third-order valence-corrected chi connectivity index (χ3v) is 4.52. The Morgan fingerprint density at radius 3 is 2.21 bits per heavy atom. The fourth-order valence-electron chi connectivity index (χ4n) is 3.36. The molecule has 0 aromatic heterocycles. The smallest absolute Gasteiger partial charge is 0.357 e. The number of benzene rings is 2. The summed E-state index contributed by atoms with van der Waals surface area (Å²) in [5.41, 5.74) is -4.18. The Hall–Kier alpha value is -2.73. The predicted molar refractivity (Wildman–Crippen MR) is 90.6 cm³/mol. The highest BCUT2D eigenvalue weighted by atomic mass is 19.4. The van der Waals surface area contributed by atoms with Gasteiger partial charge in [0, 0.05) is 19.5 Å². The molecule has 3 nitrogen and oxygen atoms in total. The van der Waals surface area contributed by atoms with Crippen LogP contribution < -0.4 is 10.2 Å². The number of nitrogens with one attached hydrogen (secondary N) is 1. The third-order valence-electron chi connectivity index (χ3n) is 4.52. The van der Waals surface area contributed by atoms with E-state index in [-0.39, 0.29) is 19.6 Å². The van der Waals surface area contributed by atoms with Crippen LogP contribution in [0.2, 0.25) is 0 Å². The monoisotopic (exact) mass is 399 g/mol. The largest absolute Gasteiger partial charge is 0.419 e. The zero-order valence-corrected chi connectivity index (χ0v) is 14.5. The van der Waals surface area contributed by atoms with E-state index in [4.69, 9.17) is 5.26 Å². The van der Waals surface area contributed by atoms with E-state index in [0.29, 0.717) is 18.2 Å². The van der Waals surface area contributed by atoms with Crippen LogP contribution in [0.15, 0.2) is 36.4 Å². The van der Waals surface area contributed by atoms with Gasteiger partial charge in [0.2, 0.25) is 0 Å². The van der Waals surface area contributed by atoms with Crippen LogP contribution in [0.4, 0.5) is 32.0 Å². The standard InChI is InChI=1S/C19H15F6N3/c20-18(21,22)15-9-13(10-26)16(19(23,24)25)17(28-7-6-27-11-28)14(15)8-12-4-2-1-3-5-12/h1-5,9,27H,6-8,11H2. The van der Waals surface area contributed by atoms with E-state index in [1.54, 1.807) is 30.3 Å². The van der Waals surface area contributed by atoms with Gasteiger partial charge in [-0.2, -0.15) is 31.6 Å². The van der Waals surface area contributed by atoms with Crippen molar-refractivity contribution in [3.05, 3.63) is 64.2 Å². The van der Waals surface area contributed by atoms with Crippen LogP contribution in [0.25, 0.3) is 0 Å². The number of nitriles is 1. The molecule has 1 saturated heterocycles. The molecule has 28 heavy (non-hydrogen) atoms. The molecule has 1 aliphatic rings. The molecule has 0 unspecified atom stereocenters. The van der Waals surface area contributed by atoms with Crippen LogP contribution in [-0.2, 0) is 18.8 Å². The van der Waals surface area contributed by atoms with E-state index >= 15 is 0 Å². The lowest BCUT2D eigenvalue weighted by molar-refractivity contribution is -0.141. The first kappa shape index (κ1) is 20.0. The molecule has 3 rings (SSSR count). The van der Waals surface area contributed by atoms with Gasteiger partial charge in [0.1, 0.15) is 0 Å². The van der Waals surface area contributed by atoms with Crippen LogP contribution >= 0.6 is 0 Å². The van der Waals surface area contributed by atoms with Crippen LogP contribution in [-0.4, -0.2) is 19.8 Å². The van der Waals surface area contributed by atoms with E-state index < -0.39 is 40.3 Å². The van der Waals surface area contributed by atoms with Crippen molar-refractivity contribution >= 4 is 5.69 Å². The lowest BCUT2D eigenvalue weighted by Crippen LogP contribution is -2.28. The molecule has 0 amide bonds. The molecule has 0 aliphatic carbocycles. The summed E-state index contributed by atoms with van der Waals surface area (Å²) in [6.07, 6.45) is -10.2. The minimum absolute atomic E-state index is 0.0307. The zero-order chi connectivity index (χ0) is 20.5. The minimum Gasteiger partial charge on any atom is -0.357 e. The number of hydrogen-bond donors (Lipinski definition) is 1. The maximum Gasteiger partial charge on any atom is 0.419 e. The molecule has 1 N–H and O–H groups in total. The van der Waals surface area contributed by atoms with Gasteiger partial charge in [-0.15, -0.1) is 0 Å². The van der Waals surface area contributed by atoms with Crippen molar-refractivity contribution in [1.82, 2.24) is 5.32 Å². The fraction of sp³-hybridized carbons (Fsp3) is 0.316. The van der Waals surface area contributed by atoms with E-state index in [9.17, 15) is 26.3 Å². The number of nitrogens with zero attached hydrogens (tertiary/aromatic N) is 2. The summed E-state index contributed by atoms with van der Waals surface area (Å²) in [6.45, 7) is 0.411. The summed E-state index contributed by atoms with van der Waals surface area (Å²) in [7, 11) is 0. The van der Waals surface area contributed by atoms with E-state index in [1.165, 1.54) is 11.0 Å². The molecule has 1 aliphatic heterocycles. The van der Waals surface area contributed by atoms with Gasteiger partial charge < -0.3 is 4.90 Å². The summed E-state index contributed by atoms with van der Waals surface area (Å²) in [6, 6.07) is 9.60. The van der Waals surface area contributed by atoms with E-state index in [1.807, 2.05) is 0 Å². The minimum atomic E-state index is -4.97. The van der Waals surface area contributed by atoms with Crippen molar-refractivity contribution in [2.75, 3.05) is 24.7 Å². The fourth-order valence-corrected chi connectivity index (χ4v) is 3.36. The van der Waals surface area contributed by atoms with E-state index in [0.717, 1.165) is 0 Å². The van der Waals surface area contributed by atoms with Gasteiger partial charge in [-0.1, -0.05) is 30.3 Å². The van der Waals surface area contributed by atoms with Crippen molar-refractivity contribution in [3.8, 4) is 6.07 Å². The predicted octanol–water partition coefficient (Wildman–Crippen LogP) is 4.55. The first-order chi connectivity index (χ1) is 13.1. The van der Waals surface area contributed by atoms with Gasteiger partial charge in [-0.3, -0.25) is 5.32 Å². The summed E-state index contributed by atoms with van der Waals surface area (Å²) >= 11 is 0. The van der Waals surface area contributed by atoms with Gasteiger partial charge in [-0.25, -0.2) is 0 Å². The molecule has 9 heteroatoms. The SMILES string of the molecule is N#Cc1cc(C(F)(F)F)c(Cc2ccccc2)c(N2CCNC2)c1C(F)(F)F. The molecular formula is C19H15F6N3. The average Bonchev–Trinajstić information content (AvgIpc) is 3.14. The van der Waals surface area contributed by atoms with Crippen LogP contribution in [0, 0.1) is 11.3 Å². The summed E-state index contributed by atoms with van der Waals surface area (Å²) in [5, 5.41) is 12.0. The Morgan fingerprint density at radius 1 is 1.04 bits per heavy atom. The quantitative estimate of drug-likeness (QED) is 0.770. The number of rotatable bonds is 3. The number of halogens is 6. The maximum absolute atomic E-state index is 13.8. The molecule has 1 heterocycles. The highest BCUT2D eigenvalue weighted by Gasteiger charge is 2.44. The zero-order valence-electron chi connectivity index (χ0n) is 14.5. The maximum atomic E-state index is 13.8. The molecule has 0 radical (unpaired) electrons. The Balaban J connectivity index is 2.36. The number of anilines is 1. The first-order valence-electron chi connectivity index (χ1n) is 8.37. The van der Waals surface area contributed by atoms with E-state index in [2.05, 4.69) is 5.32 Å². The van der Waals surface area contributed by atoms with Crippen molar-refractivity contribution in [2.24, 2.45) is 0 Å². The highest BCUT2D eigenvalue weighted by Crippen LogP contribution is 2.46. The Kier molecular flexibility index (Phi) is 5.26. The third kappa shape index (κ3) is 3.92. The van der Waals surface area contributed by atoms with Crippen LogP contribution in [0.1, 0.15) is 27.8 Å². The second-order valence-corrected chi connectivity index (χ2v) is 6.37. The summed E-state index contributed by atoms with van der Waals surface area (Å²) < 4.78 is 82.7. The molecule has 2 aromatic carbocycles. The second-order valence-electron chi connectivity index (χ2n) is 6.37. The van der Waals surface area contributed by atoms with Crippen molar-refractivity contribution in [3.63, 3.8) is 0 Å². The molecule has 0 bridgehead atoms. The molecule has 0 spiro atoms. The van der Waals surface area contributed by atoms with Gasteiger partial charge in [-0.05, 0) is 17.2 Å². The lowest BCUT2D eigenvalue weighted by Gasteiger charge is -2.28. The van der Waals surface area contributed by atoms with Gasteiger partial charge in [0.15, 0.2) is 0 Å². The molecule has 148 valence electrons. The number of alkyl halides is 6. The van der Waals surface area contributed by atoms with Gasteiger partial charge in [0.25, 0.3) is 0 Å². The molecule has 0 saturated carbocycles. The second kappa shape index (κ2) is 7.36. The lowest BCUT2D eigenvalue weighted by atomic mass is 9.90. The van der Waals surface area contributed by atoms with Crippen LogP contribution in [0.3, 0.4) is 0 Å². The molecule has 2 aromatic rings. The summed E-state index contributed by atoms with van der Waals surface area (Å²) in [5.74, 6) is 0. The molecule has 1 fully saturated rings. The van der Waals surface area contributed by atoms with Gasteiger partial charge in [0.05, 0.1) is 35.1 Å². The van der Waals surface area contributed by atoms with Gasteiger partial charge >= 0.3 is 12.4 Å². The first-order valence-corrected chi connectivity index (χ1v) is 8.37. The average molecular weight is 399 g/mol. The van der Waals surface area contributed by atoms with Crippen molar-refractivity contribution < 1.29 is 26.3 Å². The Bertz CT molecular complexity index is 891. The molecule has 0 atom stereocenters. The normalized spacial score (nSPS) is 15.0. The Labute approximate surface area is 157 Å². The van der Waals surface area contributed by atoms with Crippen molar-refractivity contribution in [2.45, 2.75) is 18.8 Å². The summed E-state index contributed by atoms with van der Waals surface area (Å²) in [4.78, 5) is 1.22. The Morgan fingerprint density at radius 2 is 1.71 bits per heavy atom. The van der Waals surface area contributed by atoms with Crippen LogP contribution in [0.5, 0.6) is 0 Å². The highest BCUT2D eigenvalue weighted by molar-refractivity contribution is 5.70.